The quantitative estimate of drug-likeness (QED) is 0.871. The van der Waals surface area contributed by atoms with Gasteiger partial charge in [0, 0.05) is 18.6 Å². The summed E-state index contributed by atoms with van der Waals surface area (Å²) in [7, 11) is -2.94. The number of nitrogens with zero attached hydrogens (tertiary/aromatic N) is 4. The van der Waals surface area contributed by atoms with Crippen molar-refractivity contribution in [1.29, 1.82) is 0 Å². The van der Waals surface area contributed by atoms with Gasteiger partial charge in [-0.2, -0.15) is 0 Å². The Balaban J connectivity index is 1.63. The van der Waals surface area contributed by atoms with Crippen molar-refractivity contribution in [3.63, 3.8) is 0 Å². The van der Waals surface area contributed by atoms with Crippen LogP contribution in [0.1, 0.15) is 25.0 Å². The van der Waals surface area contributed by atoms with Gasteiger partial charge in [-0.25, -0.2) is 13.1 Å². The summed E-state index contributed by atoms with van der Waals surface area (Å²) in [4.78, 5) is 2.21. The summed E-state index contributed by atoms with van der Waals surface area (Å²) < 4.78 is 25.3. The van der Waals surface area contributed by atoms with Crippen molar-refractivity contribution in [3.05, 3.63) is 36.0 Å². The summed E-state index contributed by atoms with van der Waals surface area (Å²) in [5.41, 5.74) is 1.44. The average molecular weight is 348 g/mol. The average Bonchev–Trinajstić information content (AvgIpc) is 3.25. The molecule has 1 aromatic heterocycles. The van der Waals surface area contributed by atoms with Gasteiger partial charge in [0.1, 0.15) is 5.69 Å². The summed E-state index contributed by atoms with van der Waals surface area (Å²) in [6.45, 7) is 0.457. The first-order valence-electron chi connectivity index (χ1n) is 8.18. The van der Waals surface area contributed by atoms with E-state index in [2.05, 4.69) is 15.2 Å². The summed E-state index contributed by atoms with van der Waals surface area (Å²) in [5, 5.41) is 18.0. The van der Waals surface area contributed by atoms with Gasteiger partial charge >= 0.3 is 0 Å². The molecule has 7 nitrogen and oxygen atoms in total. The number of aromatic hydroxyl groups is 1. The minimum atomic E-state index is -2.94. The molecule has 2 aliphatic rings. The predicted molar refractivity (Wildman–Crippen MR) is 88.6 cm³/mol. The van der Waals surface area contributed by atoms with Gasteiger partial charge < -0.3 is 5.11 Å². The molecular formula is C16H20N4O3S. The Kier molecular flexibility index (Phi) is 3.80. The Morgan fingerprint density at radius 2 is 1.92 bits per heavy atom. The zero-order chi connectivity index (χ0) is 16.7. The van der Waals surface area contributed by atoms with Gasteiger partial charge in [-0.1, -0.05) is 28.5 Å². The first-order chi connectivity index (χ1) is 11.5. The van der Waals surface area contributed by atoms with Crippen molar-refractivity contribution in [1.82, 2.24) is 19.9 Å². The second-order valence-electron chi connectivity index (χ2n) is 6.57. The van der Waals surface area contributed by atoms with Crippen LogP contribution in [0, 0.1) is 0 Å². The van der Waals surface area contributed by atoms with E-state index >= 15 is 0 Å². The first kappa shape index (κ1) is 15.6. The van der Waals surface area contributed by atoms with Gasteiger partial charge in [-0.3, -0.25) is 4.90 Å². The fourth-order valence-electron chi connectivity index (χ4n) is 3.38. The highest BCUT2D eigenvalue weighted by atomic mass is 32.2. The molecule has 1 atom stereocenters. The second-order valence-corrected chi connectivity index (χ2v) is 8.80. The molecule has 4 rings (SSSR count). The zero-order valence-corrected chi connectivity index (χ0v) is 14.1. The molecule has 2 heterocycles. The predicted octanol–water partition coefficient (Wildman–Crippen LogP) is 1.12. The van der Waals surface area contributed by atoms with Gasteiger partial charge in [0.15, 0.2) is 9.84 Å². The number of rotatable bonds is 5. The van der Waals surface area contributed by atoms with E-state index in [9.17, 15) is 13.5 Å². The SMILES string of the molecule is O=S1(=O)CC[C@@H](N(Cc2c(O)nnn2-c2ccccc2)C2CC2)C1. The minimum absolute atomic E-state index is 0.0148. The first-order valence-corrected chi connectivity index (χ1v) is 10.0. The number of hydrogen-bond acceptors (Lipinski definition) is 6. The van der Waals surface area contributed by atoms with Crippen molar-refractivity contribution in [2.24, 2.45) is 0 Å². The Bertz CT molecular complexity index is 830. The van der Waals surface area contributed by atoms with Gasteiger partial charge in [0.05, 0.1) is 17.2 Å². The van der Waals surface area contributed by atoms with Crippen LogP contribution in [-0.4, -0.2) is 57.0 Å². The Morgan fingerprint density at radius 3 is 2.54 bits per heavy atom. The molecule has 128 valence electrons. The van der Waals surface area contributed by atoms with Crippen molar-refractivity contribution < 1.29 is 13.5 Å². The van der Waals surface area contributed by atoms with Gasteiger partial charge in [-0.05, 0) is 31.4 Å². The van der Waals surface area contributed by atoms with E-state index in [1.54, 1.807) is 4.68 Å². The molecular weight excluding hydrogens is 328 g/mol. The topological polar surface area (TPSA) is 88.3 Å². The van der Waals surface area contributed by atoms with Crippen LogP contribution in [0.15, 0.2) is 30.3 Å². The Hall–Kier alpha value is -1.93. The van der Waals surface area contributed by atoms with Crippen molar-refractivity contribution >= 4 is 9.84 Å². The minimum Gasteiger partial charge on any atom is -0.491 e. The zero-order valence-electron chi connectivity index (χ0n) is 13.2. The van der Waals surface area contributed by atoms with Gasteiger partial charge in [-0.15, -0.1) is 0 Å². The van der Waals surface area contributed by atoms with Gasteiger partial charge in [0.25, 0.3) is 5.88 Å². The molecule has 0 bridgehead atoms. The van der Waals surface area contributed by atoms with E-state index in [0.717, 1.165) is 18.5 Å². The van der Waals surface area contributed by atoms with Crippen LogP contribution in [0.3, 0.4) is 0 Å². The molecule has 2 aromatic rings. The summed E-state index contributed by atoms with van der Waals surface area (Å²) in [5.74, 6) is 0.366. The van der Waals surface area contributed by atoms with Crippen LogP contribution in [0.4, 0.5) is 0 Å². The van der Waals surface area contributed by atoms with Gasteiger partial charge in [0.2, 0.25) is 0 Å². The molecule has 0 amide bonds. The van der Waals surface area contributed by atoms with Crippen LogP contribution < -0.4 is 0 Å². The molecule has 0 radical (unpaired) electrons. The van der Waals surface area contributed by atoms with Crippen molar-refractivity contribution in [3.8, 4) is 11.6 Å². The lowest BCUT2D eigenvalue weighted by molar-refractivity contribution is 0.187. The smallest absolute Gasteiger partial charge is 0.256 e. The van der Waals surface area contributed by atoms with Crippen LogP contribution in [0.2, 0.25) is 0 Å². The molecule has 1 aliphatic carbocycles. The van der Waals surface area contributed by atoms with E-state index in [4.69, 9.17) is 0 Å². The molecule has 2 fully saturated rings. The maximum atomic E-state index is 11.8. The third-order valence-electron chi connectivity index (χ3n) is 4.77. The Labute approximate surface area is 140 Å². The third kappa shape index (κ3) is 3.03. The molecule has 1 saturated carbocycles. The fourth-order valence-corrected chi connectivity index (χ4v) is 5.12. The van der Waals surface area contributed by atoms with E-state index in [1.807, 2.05) is 30.3 Å². The Morgan fingerprint density at radius 1 is 1.17 bits per heavy atom. The normalized spacial score (nSPS) is 23.0. The molecule has 24 heavy (non-hydrogen) atoms. The van der Waals surface area contributed by atoms with E-state index in [-0.39, 0.29) is 23.4 Å². The molecule has 1 aliphatic heterocycles. The fraction of sp³-hybridized carbons (Fsp3) is 0.500. The summed E-state index contributed by atoms with van der Waals surface area (Å²) >= 11 is 0. The molecule has 1 aromatic carbocycles. The second kappa shape index (κ2) is 5.86. The molecule has 1 saturated heterocycles. The third-order valence-corrected chi connectivity index (χ3v) is 6.52. The monoisotopic (exact) mass is 348 g/mol. The molecule has 0 unspecified atom stereocenters. The van der Waals surface area contributed by atoms with E-state index < -0.39 is 9.84 Å². The van der Waals surface area contributed by atoms with Crippen LogP contribution in [0.25, 0.3) is 5.69 Å². The highest BCUT2D eigenvalue weighted by Crippen LogP contribution is 2.34. The van der Waals surface area contributed by atoms with Crippen molar-refractivity contribution in [2.75, 3.05) is 11.5 Å². The molecule has 0 spiro atoms. The standard InChI is InChI=1S/C16H20N4O3S/c21-16-15(20(18-17-16)13-4-2-1-3-5-13)10-19(12-6-7-12)14-8-9-24(22,23)11-14/h1-5,12,14,21H,6-11H2/t14-/m1/s1. The lowest BCUT2D eigenvalue weighted by Crippen LogP contribution is -2.38. The maximum absolute atomic E-state index is 11.8. The van der Waals surface area contributed by atoms with E-state index in [1.165, 1.54) is 0 Å². The number of hydrogen-bond donors (Lipinski definition) is 1. The number of para-hydroxylation sites is 1. The molecule has 8 heteroatoms. The maximum Gasteiger partial charge on any atom is 0.256 e. The van der Waals surface area contributed by atoms with E-state index in [0.29, 0.717) is 24.7 Å². The summed E-state index contributed by atoms with van der Waals surface area (Å²) in [6.07, 6.45) is 2.81. The number of benzene rings is 1. The highest BCUT2D eigenvalue weighted by Gasteiger charge is 2.40. The van der Waals surface area contributed by atoms with Crippen molar-refractivity contribution in [2.45, 2.75) is 37.9 Å². The number of sulfone groups is 1. The van der Waals surface area contributed by atoms with Crippen LogP contribution >= 0.6 is 0 Å². The van der Waals surface area contributed by atoms with Crippen LogP contribution in [-0.2, 0) is 16.4 Å². The molecule has 1 N–H and O–H groups in total. The lowest BCUT2D eigenvalue weighted by atomic mass is 10.2. The number of aromatic nitrogens is 3. The highest BCUT2D eigenvalue weighted by molar-refractivity contribution is 7.91. The summed E-state index contributed by atoms with van der Waals surface area (Å²) in [6, 6.07) is 9.93. The largest absolute Gasteiger partial charge is 0.491 e. The lowest BCUT2D eigenvalue weighted by Gasteiger charge is -2.27. The van der Waals surface area contributed by atoms with Crippen LogP contribution in [0.5, 0.6) is 5.88 Å².